The second-order valence-corrected chi connectivity index (χ2v) is 11.8. The Hall–Kier alpha value is -4.10. The van der Waals surface area contributed by atoms with Gasteiger partial charge >= 0.3 is 6.18 Å². The van der Waals surface area contributed by atoms with Gasteiger partial charge in [-0.1, -0.05) is 24.3 Å². The average Bonchev–Trinajstić information content (AvgIpc) is 3.49. The van der Waals surface area contributed by atoms with Crippen molar-refractivity contribution >= 4 is 15.8 Å². The molecule has 4 aromatic rings. The van der Waals surface area contributed by atoms with Crippen molar-refractivity contribution in [1.29, 1.82) is 0 Å². The molecule has 2 aromatic heterocycles. The third kappa shape index (κ3) is 6.15. The molecule has 0 aliphatic carbocycles. The van der Waals surface area contributed by atoms with Crippen LogP contribution < -0.4 is 14.8 Å². The minimum absolute atomic E-state index is 0.0223. The maximum Gasteiger partial charge on any atom is 0.416 e. The lowest BCUT2D eigenvalue weighted by molar-refractivity contribution is -0.137. The van der Waals surface area contributed by atoms with E-state index in [1.165, 1.54) is 29.7 Å². The molecule has 5 rings (SSSR count). The third-order valence-corrected chi connectivity index (χ3v) is 8.39. The van der Waals surface area contributed by atoms with Crippen molar-refractivity contribution in [2.24, 2.45) is 0 Å². The van der Waals surface area contributed by atoms with Gasteiger partial charge in [0.15, 0.2) is 0 Å². The summed E-state index contributed by atoms with van der Waals surface area (Å²) in [6.07, 6.45) is -1.56. The Morgan fingerprint density at radius 2 is 1.90 bits per heavy atom. The second kappa shape index (κ2) is 11.1. The molecule has 0 saturated carbocycles. The highest BCUT2D eigenvalue weighted by molar-refractivity contribution is 7.89. The highest BCUT2D eigenvalue weighted by Gasteiger charge is 2.30. The molecule has 0 spiro atoms. The number of benzene rings is 2. The summed E-state index contributed by atoms with van der Waals surface area (Å²) in [4.78, 5) is 8.83. The van der Waals surface area contributed by atoms with Gasteiger partial charge in [-0.2, -0.15) is 22.5 Å². The summed E-state index contributed by atoms with van der Waals surface area (Å²) in [5.74, 6) is 0.927. The van der Waals surface area contributed by atoms with E-state index < -0.39 is 21.8 Å². The number of nitrogens with one attached hydrogen (secondary N) is 1. The predicted molar refractivity (Wildman–Crippen MR) is 146 cm³/mol. The summed E-state index contributed by atoms with van der Waals surface area (Å²) in [7, 11) is -0.949. The molecule has 1 aliphatic rings. The summed E-state index contributed by atoms with van der Waals surface area (Å²) in [6, 6.07) is 13.9. The van der Waals surface area contributed by atoms with E-state index in [1.54, 1.807) is 43.6 Å². The lowest BCUT2D eigenvalue weighted by Crippen LogP contribution is -2.26. The SMILES string of the molecule is COc1ccc(CN(C)S(=O)(=O)c2cnc(NCc3cccc(C(F)(F)F)c3)c(-c3cn4c(n3)O[C@H](C)C4)c2)cc1. The fraction of sp³-hybridized carbons (Fsp3) is 0.286. The number of hydrogen-bond acceptors (Lipinski definition) is 7. The molecule has 1 aliphatic heterocycles. The largest absolute Gasteiger partial charge is 0.497 e. The summed E-state index contributed by atoms with van der Waals surface area (Å²) in [6.45, 7) is 2.62. The number of nitrogens with zero attached hydrogens (tertiary/aromatic N) is 4. The molecule has 0 fully saturated rings. The van der Waals surface area contributed by atoms with Crippen molar-refractivity contribution in [3.63, 3.8) is 0 Å². The van der Waals surface area contributed by atoms with Gasteiger partial charge in [-0.3, -0.25) is 4.57 Å². The molecule has 0 bridgehead atoms. The van der Waals surface area contributed by atoms with Crippen molar-refractivity contribution in [3.8, 4) is 23.0 Å². The monoisotopic (exact) mass is 587 g/mol. The molecule has 0 radical (unpaired) electrons. The van der Waals surface area contributed by atoms with Crippen molar-refractivity contribution in [1.82, 2.24) is 18.8 Å². The molecular weight excluding hydrogens is 559 g/mol. The van der Waals surface area contributed by atoms with Crippen LogP contribution in [0.2, 0.25) is 0 Å². The van der Waals surface area contributed by atoms with Gasteiger partial charge in [0.25, 0.3) is 6.01 Å². The van der Waals surface area contributed by atoms with Gasteiger partial charge < -0.3 is 14.8 Å². The summed E-state index contributed by atoms with van der Waals surface area (Å²) < 4.78 is 80.5. The average molecular weight is 588 g/mol. The molecule has 2 aromatic carbocycles. The first kappa shape index (κ1) is 28.4. The van der Waals surface area contributed by atoms with E-state index in [2.05, 4.69) is 15.3 Å². The number of rotatable bonds is 9. The molecule has 0 amide bonds. The maximum absolute atomic E-state index is 13.5. The first-order valence-corrected chi connectivity index (χ1v) is 14.1. The smallest absolute Gasteiger partial charge is 0.416 e. The Morgan fingerprint density at radius 3 is 2.59 bits per heavy atom. The normalized spacial score (nSPS) is 15.0. The van der Waals surface area contributed by atoms with Crippen LogP contribution in [0.4, 0.5) is 19.0 Å². The van der Waals surface area contributed by atoms with Crippen LogP contribution in [0.1, 0.15) is 23.6 Å². The van der Waals surface area contributed by atoms with Gasteiger partial charge in [0.05, 0.1) is 24.9 Å². The van der Waals surface area contributed by atoms with Crippen LogP contribution in [-0.2, 0) is 35.8 Å². The lowest BCUT2D eigenvalue weighted by atomic mass is 10.1. The highest BCUT2D eigenvalue weighted by atomic mass is 32.2. The number of aromatic nitrogens is 3. The molecule has 9 nitrogen and oxygen atoms in total. The first-order valence-electron chi connectivity index (χ1n) is 12.7. The number of halogens is 3. The maximum atomic E-state index is 13.5. The summed E-state index contributed by atoms with van der Waals surface area (Å²) in [5, 5.41) is 3.05. The Morgan fingerprint density at radius 1 is 1.15 bits per heavy atom. The molecule has 1 atom stereocenters. The number of fused-ring (bicyclic) bond motifs is 1. The number of pyridine rings is 1. The van der Waals surface area contributed by atoms with E-state index in [4.69, 9.17) is 9.47 Å². The molecule has 1 N–H and O–H groups in total. The van der Waals surface area contributed by atoms with E-state index >= 15 is 0 Å². The zero-order valence-electron chi connectivity index (χ0n) is 22.5. The van der Waals surface area contributed by atoms with E-state index in [9.17, 15) is 21.6 Å². The van der Waals surface area contributed by atoms with Gasteiger partial charge in [0.2, 0.25) is 10.0 Å². The van der Waals surface area contributed by atoms with Crippen LogP contribution in [0.3, 0.4) is 0 Å². The standard InChI is InChI=1S/C28H28F3N5O4S/c1-18-15-36-17-25(34-27(36)40-18)24-12-23(41(37,38)35(2)16-19-7-9-22(39-3)10-8-19)14-33-26(24)32-13-20-5-4-6-21(11-20)28(29,30)31/h4-12,14,17-18H,13,15-16H2,1-3H3,(H,32,33)/t18-/m1/s1. The van der Waals surface area contributed by atoms with Crippen LogP contribution in [0.5, 0.6) is 11.8 Å². The number of sulfonamides is 1. The number of imidazole rings is 1. The van der Waals surface area contributed by atoms with Gasteiger partial charge in [-0.05, 0) is 48.4 Å². The minimum atomic E-state index is -4.47. The minimum Gasteiger partial charge on any atom is -0.497 e. The van der Waals surface area contributed by atoms with E-state index in [0.29, 0.717) is 35.1 Å². The number of alkyl halides is 3. The number of methoxy groups -OCH3 is 1. The highest BCUT2D eigenvalue weighted by Crippen LogP contribution is 2.34. The fourth-order valence-electron chi connectivity index (χ4n) is 4.47. The Bertz CT molecular complexity index is 1630. The van der Waals surface area contributed by atoms with Gasteiger partial charge in [-0.25, -0.2) is 13.4 Å². The van der Waals surface area contributed by atoms with Crippen LogP contribution in [-0.4, -0.2) is 47.5 Å². The van der Waals surface area contributed by atoms with Gasteiger partial charge in [0, 0.05) is 38.1 Å². The fourth-order valence-corrected chi connectivity index (χ4v) is 5.60. The molecule has 0 saturated heterocycles. The number of anilines is 1. The van der Waals surface area contributed by atoms with Crippen LogP contribution in [0, 0.1) is 0 Å². The van der Waals surface area contributed by atoms with Gasteiger partial charge in [-0.15, -0.1) is 0 Å². The number of hydrogen-bond donors (Lipinski definition) is 1. The lowest BCUT2D eigenvalue weighted by Gasteiger charge is -2.19. The summed E-state index contributed by atoms with van der Waals surface area (Å²) in [5.41, 5.74) is 1.17. The quantitative estimate of drug-likeness (QED) is 0.288. The van der Waals surface area contributed by atoms with Crippen molar-refractivity contribution in [3.05, 3.63) is 83.7 Å². The van der Waals surface area contributed by atoms with Crippen LogP contribution in [0.25, 0.3) is 11.3 Å². The van der Waals surface area contributed by atoms with Gasteiger partial charge in [0.1, 0.15) is 22.6 Å². The molecule has 13 heteroatoms. The summed E-state index contributed by atoms with van der Waals surface area (Å²) >= 11 is 0. The van der Waals surface area contributed by atoms with E-state index in [-0.39, 0.29) is 29.9 Å². The van der Waals surface area contributed by atoms with E-state index in [1.807, 2.05) is 11.5 Å². The predicted octanol–water partition coefficient (Wildman–Crippen LogP) is 5.19. The topological polar surface area (TPSA) is 98.6 Å². The molecule has 41 heavy (non-hydrogen) atoms. The van der Waals surface area contributed by atoms with Crippen LogP contribution >= 0.6 is 0 Å². The molecular formula is C28H28F3N5O4S. The molecule has 0 unspecified atom stereocenters. The Kier molecular flexibility index (Phi) is 7.66. The van der Waals surface area contributed by atoms with Crippen molar-refractivity contribution in [2.75, 3.05) is 19.5 Å². The zero-order valence-corrected chi connectivity index (χ0v) is 23.3. The van der Waals surface area contributed by atoms with Crippen molar-refractivity contribution < 1.29 is 31.1 Å². The Labute approximate surface area is 235 Å². The third-order valence-electron chi connectivity index (χ3n) is 6.63. The number of ether oxygens (including phenoxy) is 2. The van der Waals surface area contributed by atoms with E-state index in [0.717, 1.165) is 17.7 Å². The van der Waals surface area contributed by atoms with Crippen LogP contribution in [0.15, 0.2) is 71.9 Å². The molecule has 216 valence electrons. The first-order chi connectivity index (χ1) is 19.4. The zero-order chi connectivity index (χ0) is 29.4. The Balaban J connectivity index is 1.45. The van der Waals surface area contributed by atoms with Crippen molar-refractivity contribution in [2.45, 2.75) is 43.7 Å². The second-order valence-electron chi connectivity index (χ2n) is 9.72. The molecule has 3 heterocycles.